The van der Waals surface area contributed by atoms with E-state index in [4.69, 9.17) is 0 Å². The molecule has 0 saturated heterocycles. The van der Waals surface area contributed by atoms with Crippen molar-refractivity contribution in [3.8, 4) is 44.5 Å². The van der Waals surface area contributed by atoms with Crippen LogP contribution in [0.15, 0.2) is 182 Å². The van der Waals surface area contributed by atoms with Crippen molar-refractivity contribution < 1.29 is 0 Å². The predicted molar refractivity (Wildman–Crippen MR) is 252 cm³/mol. The normalized spacial score (nSPS) is 21.8. The lowest BCUT2D eigenvalue weighted by molar-refractivity contribution is -0.00518. The Morgan fingerprint density at radius 2 is 0.967 bits per heavy atom. The first kappa shape index (κ1) is 35.7. The number of benzene rings is 8. The van der Waals surface area contributed by atoms with E-state index in [-0.39, 0.29) is 5.41 Å². The highest BCUT2D eigenvalue weighted by atomic mass is 15.1. The third-order valence-corrected chi connectivity index (χ3v) is 15.2. The van der Waals surface area contributed by atoms with Crippen molar-refractivity contribution in [3.05, 3.63) is 199 Å². The number of nitrogens with zero attached hydrogens (tertiary/aromatic N) is 1. The van der Waals surface area contributed by atoms with Gasteiger partial charge >= 0.3 is 0 Å². The van der Waals surface area contributed by atoms with Crippen LogP contribution in [0.4, 0.5) is 17.1 Å². The van der Waals surface area contributed by atoms with Crippen LogP contribution in [-0.4, -0.2) is 0 Å². The highest BCUT2D eigenvalue weighted by molar-refractivity contribution is 5.93. The third-order valence-electron chi connectivity index (χ3n) is 15.2. The SMILES string of the molecule is CC1(C)c2ccccc2-c2ccc(N(c3ccc(-c4ccc5ccccc5c4)cc3)c3ccc(-c4ccc(C56CC7CC(CC(C7)C5)C6)cc4)cc3-c3ccccc3)cc21. The van der Waals surface area contributed by atoms with Gasteiger partial charge in [-0.1, -0.05) is 153 Å². The van der Waals surface area contributed by atoms with Gasteiger partial charge in [-0.05, 0) is 171 Å². The molecule has 4 bridgehead atoms. The van der Waals surface area contributed by atoms with Crippen molar-refractivity contribution in [2.24, 2.45) is 17.8 Å². The van der Waals surface area contributed by atoms with Crippen LogP contribution >= 0.6 is 0 Å². The molecule has 8 aromatic carbocycles. The zero-order valence-corrected chi connectivity index (χ0v) is 34.7. The number of fused-ring (bicyclic) bond motifs is 4. The monoisotopic (exact) mass is 773 g/mol. The molecular formula is C59H51N. The maximum atomic E-state index is 2.49. The molecule has 292 valence electrons. The first-order valence-electron chi connectivity index (χ1n) is 22.3. The van der Waals surface area contributed by atoms with Crippen molar-refractivity contribution in [2.45, 2.75) is 63.2 Å². The number of hydrogen-bond acceptors (Lipinski definition) is 1. The maximum absolute atomic E-state index is 2.49. The van der Waals surface area contributed by atoms with Gasteiger partial charge in [0.05, 0.1) is 5.69 Å². The minimum atomic E-state index is -0.109. The second-order valence-corrected chi connectivity index (χ2v) is 19.2. The molecule has 0 unspecified atom stereocenters. The molecule has 13 rings (SSSR count). The lowest BCUT2D eigenvalue weighted by Gasteiger charge is -2.57. The highest BCUT2D eigenvalue weighted by Gasteiger charge is 2.51. The molecule has 1 nitrogen and oxygen atoms in total. The van der Waals surface area contributed by atoms with Crippen molar-refractivity contribution in [2.75, 3.05) is 4.90 Å². The smallest absolute Gasteiger partial charge is 0.0540 e. The van der Waals surface area contributed by atoms with Crippen molar-refractivity contribution in [1.82, 2.24) is 0 Å². The Morgan fingerprint density at radius 3 is 1.70 bits per heavy atom. The van der Waals surface area contributed by atoms with E-state index >= 15 is 0 Å². The number of rotatable bonds is 7. The van der Waals surface area contributed by atoms with E-state index in [0.717, 1.165) is 29.1 Å². The largest absolute Gasteiger partial charge is 0.310 e. The quantitative estimate of drug-likeness (QED) is 0.156. The Bertz CT molecular complexity index is 2880. The van der Waals surface area contributed by atoms with Gasteiger partial charge in [0.1, 0.15) is 0 Å². The Hall–Kier alpha value is -6.18. The standard InChI is InChI=1S/C59H51N/c1-58(2)55-15-9-8-14-52(55)53-28-27-51(35-56(53)58)60(50-25-20-44(21-26-50)47-17-16-42-10-6-7-13-46(42)33-47)57-29-22-48(34-54(57)45-11-4-3-5-12-45)43-18-23-49(24-19-43)59-36-39-30-40(37-59)32-41(31-39)38-59/h3-29,33-35,39-41H,30-32,36-38H2,1-2H3. The third kappa shape index (κ3) is 5.81. The van der Waals surface area contributed by atoms with Gasteiger partial charge in [-0.3, -0.25) is 0 Å². The first-order chi connectivity index (χ1) is 29.4. The predicted octanol–water partition coefficient (Wildman–Crippen LogP) is 16.1. The molecule has 0 amide bonds. The number of hydrogen-bond donors (Lipinski definition) is 0. The van der Waals surface area contributed by atoms with Gasteiger partial charge < -0.3 is 4.90 Å². The molecule has 0 aliphatic heterocycles. The summed E-state index contributed by atoms with van der Waals surface area (Å²) in [6.45, 7) is 4.76. The fourth-order valence-corrected chi connectivity index (χ4v) is 12.7. The van der Waals surface area contributed by atoms with Crippen LogP contribution in [0.1, 0.15) is 69.1 Å². The van der Waals surface area contributed by atoms with Crippen LogP contribution in [0.3, 0.4) is 0 Å². The zero-order chi connectivity index (χ0) is 40.0. The fraction of sp³-hybridized carbons (Fsp3) is 0.220. The van der Waals surface area contributed by atoms with E-state index < -0.39 is 0 Å². The lowest BCUT2D eigenvalue weighted by atomic mass is 9.48. The van der Waals surface area contributed by atoms with Gasteiger partial charge in [-0.25, -0.2) is 0 Å². The minimum Gasteiger partial charge on any atom is -0.310 e. The summed E-state index contributed by atoms with van der Waals surface area (Å²) in [6, 6.07) is 68.7. The summed E-state index contributed by atoms with van der Waals surface area (Å²) in [5.41, 5.74) is 18.2. The van der Waals surface area contributed by atoms with E-state index in [1.54, 1.807) is 5.56 Å². The Kier molecular flexibility index (Phi) is 8.15. The molecule has 0 N–H and O–H groups in total. The Morgan fingerprint density at radius 1 is 0.400 bits per heavy atom. The summed E-state index contributed by atoms with van der Waals surface area (Å²) in [6.07, 6.45) is 8.64. The average Bonchev–Trinajstić information content (AvgIpc) is 3.52. The topological polar surface area (TPSA) is 3.24 Å². The Labute approximate surface area is 355 Å². The zero-order valence-electron chi connectivity index (χ0n) is 34.7. The van der Waals surface area contributed by atoms with E-state index in [1.807, 2.05) is 0 Å². The van der Waals surface area contributed by atoms with Gasteiger partial charge in [-0.2, -0.15) is 0 Å². The Balaban J connectivity index is 0.980. The van der Waals surface area contributed by atoms with Crippen LogP contribution in [0.2, 0.25) is 0 Å². The molecule has 4 saturated carbocycles. The molecule has 8 aromatic rings. The molecule has 1 heteroatoms. The summed E-state index contributed by atoms with van der Waals surface area (Å²) in [5, 5.41) is 2.53. The lowest BCUT2D eigenvalue weighted by Crippen LogP contribution is -2.48. The molecular weight excluding hydrogens is 723 g/mol. The van der Waals surface area contributed by atoms with Gasteiger partial charge in [0.25, 0.3) is 0 Å². The summed E-state index contributed by atoms with van der Waals surface area (Å²) >= 11 is 0. The van der Waals surface area contributed by atoms with Gasteiger partial charge in [0.15, 0.2) is 0 Å². The number of anilines is 3. The molecule has 0 atom stereocenters. The fourth-order valence-electron chi connectivity index (χ4n) is 12.7. The molecule has 4 fully saturated rings. The van der Waals surface area contributed by atoms with E-state index in [1.165, 1.54) is 111 Å². The van der Waals surface area contributed by atoms with E-state index in [2.05, 4.69) is 201 Å². The van der Waals surface area contributed by atoms with Crippen LogP contribution < -0.4 is 4.90 Å². The van der Waals surface area contributed by atoms with Crippen LogP contribution in [0.5, 0.6) is 0 Å². The van der Waals surface area contributed by atoms with Crippen LogP contribution in [0.25, 0.3) is 55.3 Å². The average molecular weight is 774 g/mol. The molecule has 5 aliphatic carbocycles. The second kappa shape index (κ2) is 13.7. The van der Waals surface area contributed by atoms with Crippen LogP contribution in [-0.2, 0) is 10.8 Å². The molecule has 60 heavy (non-hydrogen) atoms. The molecule has 0 radical (unpaired) electrons. The highest BCUT2D eigenvalue weighted by Crippen LogP contribution is 2.61. The molecule has 0 spiro atoms. The minimum absolute atomic E-state index is 0.109. The van der Waals surface area contributed by atoms with Gasteiger partial charge in [0, 0.05) is 22.4 Å². The summed E-state index contributed by atoms with van der Waals surface area (Å²) in [5.74, 6) is 2.84. The summed E-state index contributed by atoms with van der Waals surface area (Å²) in [7, 11) is 0. The summed E-state index contributed by atoms with van der Waals surface area (Å²) < 4.78 is 0. The molecule has 0 aromatic heterocycles. The van der Waals surface area contributed by atoms with Crippen molar-refractivity contribution in [3.63, 3.8) is 0 Å². The van der Waals surface area contributed by atoms with Crippen LogP contribution in [0, 0.1) is 17.8 Å². The van der Waals surface area contributed by atoms with Crippen molar-refractivity contribution >= 4 is 27.8 Å². The maximum Gasteiger partial charge on any atom is 0.0540 e. The van der Waals surface area contributed by atoms with Gasteiger partial charge in [-0.15, -0.1) is 0 Å². The van der Waals surface area contributed by atoms with Crippen molar-refractivity contribution in [1.29, 1.82) is 0 Å². The second-order valence-electron chi connectivity index (χ2n) is 19.2. The first-order valence-corrected chi connectivity index (χ1v) is 22.3. The summed E-state index contributed by atoms with van der Waals surface area (Å²) in [4.78, 5) is 2.49. The molecule has 0 heterocycles. The molecule has 5 aliphatic rings. The van der Waals surface area contributed by atoms with E-state index in [0.29, 0.717) is 5.41 Å². The van der Waals surface area contributed by atoms with Gasteiger partial charge in [0.2, 0.25) is 0 Å². The van der Waals surface area contributed by atoms with E-state index in [9.17, 15) is 0 Å².